The minimum Gasteiger partial charge on any atom is -0.497 e. The third-order valence-electron chi connectivity index (χ3n) is 4.83. The lowest BCUT2D eigenvalue weighted by atomic mass is 9.91. The Labute approximate surface area is 160 Å². The molecule has 4 heteroatoms. The first-order valence-electron chi connectivity index (χ1n) is 9.16. The second-order valence-electron chi connectivity index (χ2n) is 6.72. The van der Waals surface area contributed by atoms with E-state index in [1.54, 1.807) is 14.2 Å². The number of para-hydroxylation sites is 1. The fourth-order valence-corrected chi connectivity index (χ4v) is 3.70. The van der Waals surface area contributed by atoms with Crippen LogP contribution in [-0.4, -0.2) is 24.9 Å². The molecule has 4 nitrogen and oxygen atoms in total. The van der Waals surface area contributed by atoms with E-state index in [0.29, 0.717) is 0 Å². The molecule has 0 saturated carbocycles. The quantitative estimate of drug-likeness (QED) is 0.438. The van der Waals surface area contributed by atoms with Crippen molar-refractivity contribution in [3.05, 3.63) is 58.8 Å². The lowest BCUT2D eigenvalue weighted by molar-refractivity contribution is 0.213. The summed E-state index contributed by atoms with van der Waals surface area (Å²) in [6.45, 7) is 8.34. The van der Waals surface area contributed by atoms with E-state index in [9.17, 15) is 0 Å². The number of benzene rings is 2. The molecule has 1 heterocycles. The van der Waals surface area contributed by atoms with Crippen molar-refractivity contribution in [2.75, 3.05) is 14.2 Å². The van der Waals surface area contributed by atoms with Gasteiger partial charge in [-0.15, -0.1) is 0 Å². The highest BCUT2D eigenvalue weighted by Gasteiger charge is 2.16. The van der Waals surface area contributed by atoms with E-state index in [1.165, 1.54) is 16.7 Å². The third-order valence-corrected chi connectivity index (χ3v) is 4.83. The fourth-order valence-electron chi connectivity index (χ4n) is 3.70. The summed E-state index contributed by atoms with van der Waals surface area (Å²) in [4.78, 5) is 9.96. The Kier molecular flexibility index (Phi) is 5.45. The van der Waals surface area contributed by atoms with Crippen LogP contribution in [0.25, 0.3) is 22.0 Å². The van der Waals surface area contributed by atoms with Crippen molar-refractivity contribution in [2.45, 2.75) is 34.1 Å². The van der Waals surface area contributed by atoms with Crippen LogP contribution in [0.3, 0.4) is 0 Å². The molecule has 0 aliphatic rings. The largest absolute Gasteiger partial charge is 0.497 e. The van der Waals surface area contributed by atoms with Gasteiger partial charge in [0.15, 0.2) is 0 Å². The molecule has 0 aliphatic carbocycles. The first kappa shape index (κ1) is 18.9. The molecule has 0 bridgehead atoms. The summed E-state index contributed by atoms with van der Waals surface area (Å²) >= 11 is 0. The SMILES string of the molecule is CCC(=NOC)c1cc(C)nc2c(-c3c(C)cc(OC)cc3C)cccc12. The highest BCUT2D eigenvalue weighted by atomic mass is 16.6. The topological polar surface area (TPSA) is 43.7 Å². The van der Waals surface area contributed by atoms with Gasteiger partial charge in [-0.2, -0.15) is 0 Å². The number of methoxy groups -OCH3 is 1. The van der Waals surface area contributed by atoms with Crippen molar-refractivity contribution >= 4 is 16.6 Å². The smallest absolute Gasteiger partial charge is 0.119 e. The van der Waals surface area contributed by atoms with Crippen LogP contribution >= 0.6 is 0 Å². The van der Waals surface area contributed by atoms with Crippen molar-refractivity contribution in [2.24, 2.45) is 5.16 Å². The highest BCUT2D eigenvalue weighted by Crippen LogP contribution is 2.36. The van der Waals surface area contributed by atoms with Crippen LogP contribution in [0.1, 0.15) is 35.7 Å². The van der Waals surface area contributed by atoms with Gasteiger partial charge in [0.1, 0.15) is 12.9 Å². The molecule has 0 fully saturated rings. The Bertz CT molecular complexity index is 999. The summed E-state index contributed by atoms with van der Waals surface area (Å²) < 4.78 is 5.42. The lowest BCUT2D eigenvalue weighted by Gasteiger charge is -2.16. The number of fused-ring (bicyclic) bond motifs is 1. The van der Waals surface area contributed by atoms with Crippen molar-refractivity contribution in [1.82, 2.24) is 4.98 Å². The molecule has 140 valence electrons. The monoisotopic (exact) mass is 362 g/mol. The predicted octanol–water partition coefficient (Wildman–Crippen LogP) is 5.60. The normalized spacial score (nSPS) is 11.7. The van der Waals surface area contributed by atoms with E-state index in [0.717, 1.165) is 45.6 Å². The fraction of sp³-hybridized carbons (Fsp3) is 0.304. The first-order valence-corrected chi connectivity index (χ1v) is 9.16. The van der Waals surface area contributed by atoms with E-state index in [1.807, 2.05) is 6.92 Å². The molecule has 0 atom stereocenters. The Morgan fingerprint density at radius 2 is 1.74 bits per heavy atom. The standard InChI is InChI=1S/C23H26N2O2/c1-7-21(25-27-6)20-13-16(4)24-23-18(20)9-8-10-19(23)22-14(2)11-17(26-5)12-15(22)3/h8-13H,7H2,1-6H3. The molecule has 0 radical (unpaired) electrons. The number of rotatable bonds is 5. The molecule has 3 aromatic rings. The first-order chi connectivity index (χ1) is 13.0. The Morgan fingerprint density at radius 1 is 1.04 bits per heavy atom. The Balaban J connectivity index is 2.35. The van der Waals surface area contributed by atoms with Crippen molar-refractivity contribution in [3.63, 3.8) is 0 Å². The molecule has 1 aromatic heterocycles. The number of nitrogens with zero attached hydrogens (tertiary/aromatic N) is 2. The molecular formula is C23H26N2O2. The van der Waals surface area contributed by atoms with Gasteiger partial charge >= 0.3 is 0 Å². The summed E-state index contributed by atoms with van der Waals surface area (Å²) in [5, 5.41) is 5.32. The second kappa shape index (κ2) is 7.78. The second-order valence-corrected chi connectivity index (χ2v) is 6.72. The number of aromatic nitrogens is 1. The van der Waals surface area contributed by atoms with Crippen LogP contribution in [-0.2, 0) is 4.84 Å². The number of oxime groups is 1. The van der Waals surface area contributed by atoms with Gasteiger partial charge in [-0.05, 0) is 62.1 Å². The summed E-state index contributed by atoms with van der Waals surface area (Å²) in [5.41, 5.74) is 8.62. The molecule has 0 N–H and O–H groups in total. The third kappa shape index (κ3) is 3.52. The van der Waals surface area contributed by atoms with Gasteiger partial charge in [-0.1, -0.05) is 30.3 Å². The van der Waals surface area contributed by atoms with Crippen molar-refractivity contribution in [1.29, 1.82) is 0 Å². The highest BCUT2D eigenvalue weighted by molar-refractivity contribution is 6.12. The summed E-state index contributed by atoms with van der Waals surface area (Å²) in [6, 6.07) is 12.6. The van der Waals surface area contributed by atoms with E-state index in [2.05, 4.69) is 62.3 Å². The Morgan fingerprint density at radius 3 is 2.33 bits per heavy atom. The van der Waals surface area contributed by atoms with E-state index < -0.39 is 0 Å². The molecule has 0 amide bonds. The van der Waals surface area contributed by atoms with Crippen LogP contribution in [0.5, 0.6) is 5.75 Å². The molecule has 0 aliphatic heterocycles. The summed E-state index contributed by atoms with van der Waals surface area (Å²) in [5.74, 6) is 0.874. The minimum absolute atomic E-state index is 0.789. The van der Waals surface area contributed by atoms with Crippen molar-refractivity contribution < 1.29 is 9.57 Å². The van der Waals surface area contributed by atoms with E-state index in [-0.39, 0.29) is 0 Å². The number of pyridine rings is 1. The molecule has 0 spiro atoms. The van der Waals surface area contributed by atoms with Crippen LogP contribution in [0, 0.1) is 20.8 Å². The zero-order valence-corrected chi connectivity index (χ0v) is 16.9. The summed E-state index contributed by atoms with van der Waals surface area (Å²) in [6.07, 6.45) is 0.789. The number of aryl methyl sites for hydroxylation is 3. The van der Waals surface area contributed by atoms with Gasteiger partial charge < -0.3 is 9.57 Å². The van der Waals surface area contributed by atoms with Crippen LogP contribution < -0.4 is 4.74 Å². The predicted molar refractivity (Wildman–Crippen MR) is 112 cm³/mol. The van der Waals surface area contributed by atoms with Gasteiger partial charge in [0, 0.05) is 22.2 Å². The van der Waals surface area contributed by atoms with Gasteiger partial charge in [-0.25, -0.2) is 0 Å². The van der Waals surface area contributed by atoms with Crippen molar-refractivity contribution in [3.8, 4) is 16.9 Å². The van der Waals surface area contributed by atoms with E-state index >= 15 is 0 Å². The van der Waals surface area contributed by atoms with Gasteiger partial charge in [0.25, 0.3) is 0 Å². The van der Waals surface area contributed by atoms with Crippen LogP contribution in [0.15, 0.2) is 41.6 Å². The van der Waals surface area contributed by atoms with Gasteiger partial charge in [-0.3, -0.25) is 4.98 Å². The minimum atomic E-state index is 0.789. The lowest BCUT2D eigenvalue weighted by Crippen LogP contribution is -2.04. The molecule has 0 saturated heterocycles. The number of ether oxygens (including phenoxy) is 1. The average molecular weight is 362 g/mol. The molecular weight excluding hydrogens is 336 g/mol. The molecule has 2 aromatic carbocycles. The van der Waals surface area contributed by atoms with E-state index in [4.69, 9.17) is 14.6 Å². The number of hydrogen-bond acceptors (Lipinski definition) is 4. The maximum Gasteiger partial charge on any atom is 0.119 e. The van der Waals surface area contributed by atoms with Gasteiger partial charge in [0.05, 0.1) is 18.3 Å². The zero-order valence-electron chi connectivity index (χ0n) is 16.9. The zero-order chi connectivity index (χ0) is 19.6. The molecule has 0 unspecified atom stereocenters. The molecule has 3 rings (SSSR count). The number of hydrogen-bond donors (Lipinski definition) is 0. The maximum absolute atomic E-state index is 5.42. The molecule has 27 heavy (non-hydrogen) atoms. The summed E-state index contributed by atoms with van der Waals surface area (Å²) in [7, 11) is 3.28. The maximum atomic E-state index is 5.42. The average Bonchev–Trinajstić information content (AvgIpc) is 2.65. The Hall–Kier alpha value is -2.88. The van der Waals surface area contributed by atoms with Crippen LogP contribution in [0.4, 0.5) is 0 Å². The van der Waals surface area contributed by atoms with Crippen LogP contribution in [0.2, 0.25) is 0 Å². The van der Waals surface area contributed by atoms with Gasteiger partial charge in [0.2, 0.25) is 0 Å².